The minimum Gasteiger partial charge on any atom is -0.0990 e. The summed E-state index contributed by atoms with van der Waals surface area (Å²) in [6.07, 6.45) is 4.22. The summed E-state index contributed by atoms with van der Waals surface area (Å²) >= 11 is 0. The molecule has 2 rings (SSSR count). The van der Waals surface area contributed by atoms with Crippen LogP contribution < -0.4 is 0 Å². The lowest BCUT2D eigenvalue weighted by atomic mass is 9.64. The summed E-state index contributed by atoms with van der Waals surface area (Å²) in [5.74, 6) is 0.856. The van der Waals surface area contributed by atoms with Gasteiger partial charge in [0.2, 0.25) is 0 Å². The molecule has 0 heterocycles. The van der Waals surface area contributed by atoms with Crippen LogP contribution in [0, 0.1) is 16.7 Å². The smallest absolute Gasteiger partial charge is 0.00906 e. The molecule has 2 atom stereocenters. The standard InChI is InChI=1S/C11H18/c1-8-9-5-6-11(4,7-9)10(8,2)3/h9H,1,5-7H2,2-4H3/t9?,11-/m0/s1. The maximum absolute atomic E-state index is 4.23. The Morgan fingerprint density at radius 2 is 2.00 bits per heavy atom. The number of hydrogen-bond donors (Lipinski definition) is 0. The summed E-state index contributed by atoms with van der Waals surface area (Å²) in [7, 11) is 0. The summed E-state index contributed by atoms with van der Waals surface area (Å²) in [6, 6.07) is 0. The van der Waals surface area contributed by atoms with Gasteiger partial charge in [0.05, 0.1) is 0 Å². The van der Waals surface area contributed by atoms with E-state index in [1.54, 1.807) is 0 Å². The molecule has 0 aromatic carbocycles. The van der Waals surface area contributed by atoms with Gasteiger partial charge in [-0.2, -0.15) is 0 Å². The van der Waals surface area contributed by atoms with Crippen LogP contribution in [0.15, 0.2) is 12.2 Å². The SMILES string of the molecule is C=C1C2CC[C@@](C)(C2)C1(C)C. The Morgan fingerprint density at radius 1 is 1.36 bits per heavy atom. The fourth-order valence-corrected chi connectivity index (χ4v) is 3.00. The van der Waals surface area contributed by atoms with Crippen LogP contribution in [0.3, 0.4) is 0 Å². The zero-order valence-electron chi connectivity index (χ0n) is 7.91. The van der Waals surface area contributed by atoms with E-state index in [9.17, 15) is 0 Å². The lowest BCUT2D eigenvalue weighted by Gasteiger charge is -2.40. The van der Waals surface area contributed by atoms with Gasteiger partial charge in [-0.25, -0.2) is 0 Å². The Kier molecular flexibility index (Phi) is 1.16. The van der Waals surface area contributed by atoms with E-state index in [-0.39, 0.29) is 0 Å². The average molecular weight is 150 g/mol. The Morgan fingerprint density at radius 3 is 2.27 bits per heavy atom. The molecule has 2 bridgehead atoms. The van der Waals surface area contributed by atoms with Gasteiger partial charge in [-0.3, -0.25) is 0 Å². The molecule has 0 nitrogen and oxygen atoms in total. The minimum atomic E-state index is 0.413. The molecule has 0 aromatic rings. The van der Waals surface area contributed by atoms with Gasteiger partial charge in [0.1, 0.15) is 0 Å². The van der Waals surface area contributed by atoms with E-state index in [0.717, 1.165) is 5.92 Å². The summed E-state index contributed by atoms with van der Waals surface area (Å²) in [4.78, 5) is 0. The van der Waals surface area contributed by atoms with Crippen LogP contribution in [0.1, 0.15) is 40.0 Å². The van der Waals surface area contributed by atoms with Gasteiger partial charge in [0, 0.05) is 0 Å². The number of rotatable bonds is 0. The van der Waals surface area contributed by atoms with E-state index in [1.807, 2.05) is 0 Å². The average Bonchev–Trinajstić information content (AvgIpc) is 2.36. The van der Waals surface area contributed by atoms with Crippen LogP contribution in [-0.2, 0) is 0 Å². The largest absolute Gasteiger partial charge is 0.0990 e. The highest BCUT2D eigenvalue weighted by Gasteiger charge is 2.55. The van der Waals surface area contributed by atoms with Crippen molar-refractivity contribution in [2.45, 2.75) is 40.0 Å². The van der Waals surface area contributed by atoms with E-state index in [2.05, 4.69) is 27.4 Å². The van der Waals surface area contributed by atoms with Gasteiger partial charge in [-0.05, 0) is 36.0 Å². The van der Waals surface area contributed by atoms with Crippen LogP contribution >= 0.6 is 0 Å². The highest BCUT2D eigenvalue weighted by molar-refractivity contribution is 5.26. The molecule has 0 aromatic heterocycles. The summed E-state index contributed by atoms with van der Waals surface area (Å²) in [6.45, 7) is 11.4. The topological polar surface area (TPSA) is 0 Å². The zero-order chi connectivity index (χ0) is 8.28. The molecule has 0 heteroatoms. The third kappa shape index (κ3) is 0.660. The highest BCUT2D eigenvalue weighted by atomic mass is 14.6. The maximum atomic E-state index is 4.23. The molecule has 62 valence electrons. The quantitative estimate of drug-likeness (QED) is 0.464. The molecule has 2 fully saturated rings. The number of fused-ring (bicyclic) bond motifs is 2. The first-order valence-electron chi connectivity index (χ1n) is 4.67. The van der Waals surface area contributed by atoms with Crippen molar-refractivity contribution in [2.75, 3.05) is 0 Å². The maximum Gasteiger partial charge on any atom is -0.00906 e. The molecule has 0 N–H and O–H groups in total. The monoisotopic (exact) mass is 150 g/mol. The molecule has 0 saturated heterocycles. The molecule has 0 aliphatic heterocycles. The predicted octanol–water partition coefficient (Wildman–Crippen LogP) is 3.39. The van der Waals surface area contributed by atoms with E-state index in [0.29, 0.717) is 10.8 Å². The van der Waals surface area contributed by atoms with Crippen molar-refractivity contribution in [3.8, 4) is 0 Å². The zero-order valence-corrected chi connectivity index (χ0v) is 7.91. The molecule has 2 aliphatic carbocycles. The van der Waals surface area contributed by atoms with Crippen LogP contribution in [-0.4, -0.2) is 0 Å². The van der Waals surface area contributed by atoms with Crippen molar-refractivity contribution in [3.05, 3.63) is 12.2 Å². The Bertz CT molecular complexity index is 212. The van der Waals surface area contributed by atoms with Gasteiger partial charge >= 0.3 is 0 Å². The first kappa shape index (κ1) is 7.39. The summed E-state index contributed by atoms with van der Waals surface area (Å²) in [5.41, 5.74) is 2.51. The van der Waals surface area contributed by atoms with Crippen molar-refractivity contribution in [1.29, 1.82) is 0 Å². The Labute approximate surface area is 69.7 Å². The fraction of sp³-hybridized carbons (Fsp3) is 0.818. The predicted molar refractivity (Wildman–Crippen MR) is 48.4 cm³/mol. The Hall–Kier alpha value is -0.260. The third-order valence-electron chi connectivity index (χ3n) is 4.55. The molecular formula is C11H18. The van der Waals surface area contributed by atoms with Crippen LogP contribution in [0.5, 0.6) is 0 Å². The molecule has 0 spiro atoms. The normalized spacial score (nSPS) is 46.8. The molecule has 2 saturated carbocycles. The van der Waals surface area contributed by atoms with Gasteiger partial charge in [0.15, 0.2) is 0 Å². The first-order chi connectivity index (χ1) is 4.97. The lowest BCUT2D eigenvalue weighted by molar-refractivity contribution is 0.157. The van der Waals surface area contributed by atoms with Crippen molar-refractivity contribution in [3.63, 3.8) is 0 Å². The van der Waals surface area contributed by atoms with Crippen LogP contribution in [0.4, 0.5) is 0 Å². The molecule has 2 aliphatic rings. The minimum absolute atomic E-state index is 0.413. The summed E-state index contributed by atoms with van der Waals surface area (Å²) < 4.78 is 0. The number of hydrogen-bond acceptors (Lipinski definition) is 0. The van der Waals surface area contributed by atoms with Crippen molar-refractivity contribution in [1.82, 2.24) is 0 Å². The van der Waals surface area contributed by atoms with Gasteiger partial charge in [-0.15, -0.1) is 0 Å². The molecule has 11 heavy (non-hydrogen) atoms. The molecule has 1 unspecified atom stereocenters. The summed E-state index contributed by atoms with van der Waals surface area (Å²) in [5, 5.41) is 0. The third-order valence-corrected chi connectivity index (χ3v) is 4.55. The Balaban J connectivity index is 2.44. The fourth-order valence-electron chi connectivity index (χ4n) is 3.00. The van der Waals surface area contributed by atoms with Crippen molar-refractivity contribution in [2.24, 2.45) is 16.7 Å². The molecule has 0 amide bonds. The van der Waals surface area contributed by atoms with Crippen LogP contribution in [0.2, 0.25) is 0 Å². The van der Waals surface area contributed by atoms with Gasteiger partial charge in [-0.1, -0.05) is 32.9 Å². The van der Waals surface area contributed by atoms with E-state index >= 15 is 0 Å². The highest BCUT2D eigenvalue weighted by Crippen LogP contribution is 2.65. The second-order valence-corrected chi connectivity index (χ2v) is 5.15. The second kappa shape index (κ2) is 1.73. The molecular weight excluding hydrogens is 132 g/mol. The van der Waals surface area contributed by atoms with E-state index in [4.69, 9.17) is 0 Å². The van der Waals surface area contributed by atoms with Crippen LogP contribution in [0.25, 0.3) is 0 Å². The van der Waals surface area contributed by atoms with E-state index < -0.39 is 0 Å². The number of allylic oxidation sites excluding steroid dienone is 1. The van der Waals surface area contributed by atoms with Gasteiger partial charge < -0.3 is 0 Å². The van der Waals surface area contributed by atoms with Gasteiger partial charge in [0.25, 0.3) is 0 Å². The first-order valence-corrected chi connectivity index (χ1v) is 4.67. The van der Waals surface area contributed by atoms with Crippen molar-refractivity contribution >= 4 is 0 Å². The second-order valence-electron chi connectivity index (χ2n) is 5.15. The lowest BCUT2D eigenvalue weighted by Crippen LogP contribution is -2.31. The van der Waals surface area contributed by atoms with Crippen molar-refractivity contribution < 1.29 is 0 Å². The molecule has 0 radical (unpaired) electrons. The van der Waals surface area contributed by atoms with E-state index in [1.165, 1.54) is 24.8 Å².